The van der Waals surface area contributed by atoms with Crippen LogP contribution in [0.3, 0.4) is 0 Å². The van der Waals surface area contributed by atoms with Crippen LogP contribution in [0.2, 0.25) is 0 Å². The monoisotopic (exact) mass is 450 g/mol. The quantitative estimate of drug-likeness (QED) is 0.549. The molecule has 0 unspecified atom stereocenters. The summed E-state index contributed by atoms with van der Waals surface area (Å²) in [5.41, 5.74) is 2.31. The number of nitrogens with zero attached hydrogens (tertiary/aromatic N) is 2. The van der Waals surface area contributed by atoms with Gasteiger partial charge in [0.1, 0.15) is 6.10 Å². The molecule has 2 saturated heterocycles. The first-order valence-electron chi connectivity index (χ1n) is 12.7. The van der Waals surface area contributed by atoms with Crippen LogP contribution in [0.15, 0.2) is 48.1 Å². The van der Waals surface area contributed by atoms with Crippen LogP contribution >= 0.6 is 0 Å². The van der Waals surface area contributed by atoms with E-state index in [2.05, 4.69) is 66.1 Å². The highest BCUT2D eigenvalue weighted by Gasteiger charge is 2.59. The summed E-state index contributed by atoms with van der Waals surface area (Å²) in [4.78, 5) is 17.8. The van der Waals surface area contributed by atoms with Gasteiger partial charge in [0, 0.05) is 57.0 Å². The number of aliphatic hydroxyl groups excluding tert-OH is 1. The topological polar surface area (TPSA) is 53.0 Å². The Morgan fingerprint density at radius 3 is 2.64 bits per heavy atom. The zero-order chi connectivity index (χ0) is 23.0. The third-order valence-corrected chi connectivity index (χ3v) is 8.96. The minimum absolute atomic E-state index is 0.0907. The first-order chi connectivity index (χ1) is 16.0. The number of carbonyl (C=O) groups is 1. The molecule has 1 aromatic carbocycles. The number of aliphatic hydroxyl groups is 1. The molecule has 0 aromatic heterocycles. The first-order valence-corrected chi connectivity index (χ1v) is 12.7. The van der Waals surface area contributed by atoms with E-state index < -0.39 is 6.10 Å². The van der Waals surface area contributed by atoms with Crippen molar-refractivity contribution in [2.45, 2.75) is 45.3 Å². The van der Waals surface area contributed by atoms with Crippen molar-refractivity contribution in [1.29, 1.82) is 0 Å². The summed E-state index contributed by atoms with van der Waals surface area (Å²) in [6, 6.07) is 10.4. The van der Waals surface area contributed by atoms with Gasteiger partial charge in [0.15, 0.2) is 0 Å². The SMILES string of the molecule is C[C@@H]1CCC=C2C[C@H]3OC(=O)[C@@H](CN4CCN(C/C=C/c5ccccc5)CC4)[C@H]3[C@@H](O)[C@@]21C. The van der Waals surface area contributed by atoms with Crippen molar-refractivity contribution in [1.82, 2.24) is 9.80 Å². The van der Waals surface area contributed by atoms with E-state index in [9.17, 15) is 9.90 Å². The number of benzene rings is 1. The van der Waals surface area contributed by atoms with E-state index in [1.807, 2.05) is 6.07 Å². The van der Waals surface area contributed by atoms with Crippen LogP contribution in [0.4, 0.5) is 0 Å². The van der Waals surface area contributed by atoms with E-state index >= 15 is 0 Å². The summed E-state index contributed by atoms with van der Waals surface area (Å²) >= 11 is 0. The molecule has 33 heavy (non-hydrogen) atoms. The van der Waals surface area contributed by atoms with E-state index in [4.69, 9.17) is 4.74 Å². The molecule has 178 valence electrons. The number of piperazine rings is 1. The Labute approximate surface area is 198 Å². The van der Waals surface area contributed by atoms with Gasteiger partial charge in [-0.1, -0.05) is 68.0 Å². The molecule has 0 spiro atoms. The summed E-state index contributed by atoms with van der Waals surface area (Å²) in [5.74, 6) is 0.0131. The fraction of sp³-hybridized carbons (Fsp3) is 0.607. The van der Waals surface area contributed by atoms with E-state index in [1.54, 1.807) is 0 Å². The maximum Gasteiger partial charge on any atom is 0.311 e. The molecule has 5 rings (SSSR count). The lowest BCUT2D eigenvalue weighted by atomic mass is 9.55. The van der Waals surface area contributed by atoms with Crippen LogP contribution in [-0.4, -0.2) is 72.4 Å². The lowest BCUT2D eigenvalue weighted by Crippen LogP contribution is -2.55. The van der Waals surface area contributed by atoms with Crippen molar-refractivity contribution in [2.75, 3.05) is 39.3 Å². The van der Waals surface area contributed by atoms with Gasteiger partial charge in [-0.25, -0.2) is 0 Å². The maximum atomic E-state index is 12.9. The number of fused-ring (bicyclic) bond motifs is 2. The Balaban J connectivity index is 1.18. The molecular weight excluding hydrogens is 412 g/mol. The van der Waals surface area contributed by atoms with Gasteiger partial charge in [-0.15, -0.1) is 0 Å². The van der Waals surface area contributed by atoms with Crippen molar-refractivity contribution >= 4 is 12.0 Å². The number of hydrogen-bond donors (Lipinski definition) is 1. The third-order valence-electron chi connectivity index (χ3n) is 8.96. The molecular formula is C28H38N2O3. The Morgan fingerprint density at radius 1 is 1.15 bits per heavy atom. The van der Waals surface area contributed by atoms with E-state index in [0.717, 1.165) is 52.0 Å². The van der Waals surface area contributed by atoms with E-state index in [-0.39, 0.29) is 29.3 Å². The maximum absolute atomic E-state index is 12.9. The Bertz CT molecular complexity index is 905. The summed E-state index contributed by atoms with van der Waals surface area (Å²) in [7, 11) is 0. The van der Waals surface area contributed by atoms with Gasteiger partial charge in [0.25, 0.3) is 0 Å². The van der Waals surface area contributed by atoms with Crippen molar-refractivity contribution in [3.8, 4) is 0 Å². The average Bonchev–Trinajstić information content (AvgIpc) is 3.13. The van der Waals surface area contributed by atoms with Gasteiger partial charge in [-0.3, -0.25) is 14.6 Å². The average molecular weight is 451 g/mol. The number of ether oxygens (including phenoxy) is 1. The summed E-state index contributed by atoms with van der Waals surface area (Å²) in [6.45, 7) is 10.0. The fourth-order valence-corrected chi connectivity index (χ4v) is 6.61. The van der Waals surface area contributed by atoms with Crippen molar-refractivity contribution in [3.63, 3.8) is 0 Å². The highest BCUT2D eigenvalue weighted by Crippen LogP contribution is 2.56. The van der Waals surface area contributed by atoms with Crippen LogP contribution in [0.25, 0.3) is 6.08 Å². The molecule has 0 amide bonds. The zero-order valence-electron chi connectivity index (χ0n) is 20.0. The molecule has 0 radical (unpaired) electrons. The second kappa shape index (κ2) is 9.36. The number of allylic oxidation sites excluding steroid dienone is 1. The van der Waals surface area contributed by atoms with E-state index in [1.165, 1.54) is 11.1 Å². The normalized spacial score (nSPS) is 37.5. The minimum atomic E-state index is -0.515. The lowest BCUT2D eigenvalue weighted by Gasteiger charge is -2.52. The van der Waals surface area contributed by atoms with Gasteiger partial charge >= 0.3 is 5.97 Å². The molecule has 0 bridgehead atoms. The molecule has 6 atom stereocenters. The second-order valence-electron chi connectivity index (χ2n) is 10.7. The van der Waals surface area contributed by atoms with Gasteiger partial charge < -0.3 is 9.84 Å². The van der Waals surface area contributed by atoms with Crippen LogP contribution in [-0.2, 0) is 9.53 Å². The van der Waals surface area contributed by atoms with Gasteiger partial charge in [0.2, 0.25) is 0 Å². The highest BCUT2D eigenvalue weighted by atomic mass is 16.6. The zero-order valence-corrected chi connectivity index (χ0v) is 20.0. The van der Waals surface area contributed by atoms with Crippen molar-refractivity contribution in [3.05, 3.63) is 53.6 Å². The van der Waals surface area contributed by atoms with Crippen molar-refractivity contribution < 1.29 is 14.6 Å². The molecule has 1 saturated carbocycles. The van der Waals surface area contributed by atoms with Crippen LogP contribution in [0.5, 0.6) is 0 Å². The van der Waals surface area contributed by atoms with Gasteiger partial charge in [-0.2, -0.15) is 0 Å². The Morgan fingerprint density at radius 2 is 1.88 bits per heavy atom. The molecule has 1 aromatic rings. The molecule has 2 heterocycles. The largest absolute Gasteiger partial charge is 0.461 e. The molecule has 1 N–H and O–H groups in total. The molecule has 2 aliphatic carbocycles. The second-order valence-corrected chi connectivity index (χ2v) is 10.7. The highest BCUT2D eigenvalue weighted by molar-refractivity contribution is 5.76. The molecule has 5 heteroatoms. The van der Waals surface area contributed by atoms with Gasteiger partial charge in [0.05, 0.1) is 12.0 Å². The predicted molar refractivity (Wildman–Crippen MR) is 130 cm³/mol. The molecule has 4 aliphatic rings. The molecule has 2 aliphatic heterocycles. The summed E-state index contributed by atoms with van der Waals surface area (Å²) in [6.07, 6.45) is 9.01. The minimum Gasteiger partial charge on any atom is -0.461 e. The third kappa shape index (κ3) is 4.31. The Kier molecular flexibility index (Phi) is 6.47. The summed E-state index contributed by atoms with van der Waals surface area (Å²) < 4.78 is 5.85. The number of hydrogen-bond acceptors (Lipinski definition) is 5. The van der Waals surface area contributed by atoms with E-state index in [0.29, 0.717) is 12.5 Å². The number of esters is 1. The first kappa shape index (κ1) is 22.8. The number of rotatable bonds is 5. The number of carbonyl (C=O) groups excluding carboxylic acids is 1. The van der Waals surface area contributed by atoms with Crippen molar-refractivity contribution in [2.24, 2.45) is 23.2 Å². The van der Waals surface area contributed by atoms with Gasteiger partial charge in [-0.05, 0) is 24.3 Å². The Hall–Kier alpha value is -1.95. The smallest absolute Gasteiger partial charge is 0.311 e. The molecule has 5 nitrogen and oxygen atoms in total. The van der Waals surface area contributed by atoms with Crippen LogP contribution < -0.4 is 0 Å². The lowest BCUT2D eigenvalue weighted by molar-refractivity contribution is -0.145. The van der Waals surface area contributed by atoms with Crippen LogP contribution in [0.1, 0.15) is 38.7 Å². The van der Waals surface area contributed by atoms with Crippen LogP contribution in [0, 0.1) is 23.2 Å². The fourth-order valence-electron chi connectivity index (χ4n) is 6.61. The standard InChI is InChI=1S/C28H38N2O3/c1-20-8-6-12-22-18-24-25(26(31)28(20,22)2)23(27(32)33-24)19-30-16-14-29(15-17-30)13-7-11-21-9-4-3-5-10-21/h3-5,7,9-12,20,23-26,31H,6,8,13-19H2,1-2H3/b11-7+/t20-,23+,24-,25-,26-,28-/m1/s1. The molecule has 3 fully saturated rings. The predicted octanol–water partition coefficient (Wildman–Crippen LogP) is 3.60. The summed E-state index contributed by atoms with van der Waals surface area (Å²) in [5, 5.41) is 11.5.